The lowest BCUT2D eigenvalue weighted by Gasteiger charge is -2.14. The number of hydrogen-bond donors (Lipinski definition) is 2. The minimum absolute atomic E-state index is 0.0797. The van der Waals surface area contributed by atoms with Crippen LogP contribution < -0.4 is 10.6 Å². The molecule has 0 radical (unpaired) electrons. The number of imidazole rings is 1. The van der Waals surface area contributed by atoms with Gasteiger partial charge >= 0.3 is 11.8 Å². The minimum Gasteiger partial charge on any atom is -0.342 e. The van der Waals surface area contributed by atoms with Gasteiger partial charge in [-0.2, -0.15) is 0 Å². The first-order valence-electron chi connectivity index (χ1n) is 9.66. The van der Waals surface area contributed by atoms with Crippen molar-refractivity contribution in [2.75, 3.05) is 5.32 Å². The van der Waals surface area contributed by atoms with Crippen LogP contribution in [0.3, 0.4) is 0 Å². The van der Waals surface area contributed by atoms with E-state index in [1.165, 1.54) is 12.8 Å². The van der Waals surface area contributed by atoms with Gasteiger partial charge in [0, 0.05) is 5.54 Å². The third kappa shape index (κ3) is 2.16. The lowest BCUT2D eigenvalue weighted by Crippen LogP contribution is -2.43. The summed E-state index contributed by atoms with van der Waals surface area (Å²) in [6, 6.07) is 11.3. The molecule has 2 N–H and O–H groups in total. The number of para-hydroxylation sites is 2. The third-order valence-electron chi connectivity index (χ3n) is 6.76. The minimum atomic E-state index is -0.633. The highest BCUT2D eigenvalue weighted by atomic mass is 16.2. The fourth-order valence-corrected chi connectivity index (χ4v) is 5.55. The Morgan fingerprint density at radius 3 is 2.57 bits per heavy atom. The van der Waals surface area contributed by atoms with Crippen LogP contribution in [-0.2, 0) is 9.59 Å². The maximum absolute atomic E-state index is 12.3. The molecule has 2 aromatic heterocycles. The Bertz CT molecular complexity index is 1110. The van der Waals surface area contributed by atoms with Crippen molar-refractivity contribution < 1.29 is 9.59 Å². The largest absolute Gasteiger partial charge is 0.342 e. The second-order valence-corrected chi connectivity index (χ2v) is 8.21. The number of carbonyl (C=O) groups excluding carboxylic acids is 2. The maximum atomic E-state index is 12.3. The molecular formula is C21H19N5O2. The van der Waals surface area contributed by atoms with Gasteiger partial charge in [0.15, 0.2) is 0 Å². The zero-order valence-electron chi connectivity index (χ0n) is 15.1. The molecular weight excluding hydrogens is 354 g/mol. The highest BCUT2D eigenvalue weighted by Gasteiger charge is 2.75. The van der Waals surface area contributed by atoms with Crippen LogP contribution in [0.2, 0.25) is 0 Å². The molecule has 4 fully saturated rings. The first-order valence-corrected chi connectivity index (χ1v) is 9.66. The highest BCUT2D eigenvalue weighted by Crippen LogP contribution is 2.73. The van der Waals surface area contributed by atoms with Gasteiger partial charge in [-0.25, -0.2) is 9.97 Å². The Labute approximate surface area is 161 Å². The van der Waals surface area contributed by atoms with E-state index < -0.39 is 11.8 Å². The van der Waals surface area contributed by atoms with Crippen molar-refractivity contribution in [2.24, 2.45) is 17.8 Å². The number of nitrogens with one attached hydrogen (secondary N) is 2. The summed E-state index contributed by atoms with van der Waals surface area (Å²) in [5.74, 6) is 1.46. The number of aromatic nitrogens is 3. The summed E-state index contributed by atoms with van der Waals surface area (Å²) < 4.78 is 1.88. The number of anilines is 1. The van der Waals surface area contributed by atoms with Crippen LogP contribution >= 0.6 is 0 Å². The molecule has 2 heterocycles. The first kappa shape index (κ1) is 15.8. The highest BCUT2D eigenvalue weighted by molar-refractivity contribution is 6.39. The monoisotopic (exact) mass is 373 g/mol. The molecule has 0 spiro atoms. The van der Waals surface area contributed by atoms with Crippen LogP contribution in [0.15, 0.2) is 48.9 Å². The number of pyridine rings is 1. The van der Waals surface area contributed by atoms with E-state index in [9.17, 15) is 9.59 Å². The lowest BCUT2D eigenvalue weighted by atomic mass is 10.1. The average molecular weight is 373 g/mol. The molecule has 7 heteroatoms. The predicted octanol–water partition coefficient (Wildman–Crippen LogP) is 2.27. The van der Waals surface area contributed by atoms with Gasteiger partial charge in [-0.15, -0.1) is 0 Å². The van der Waals surface area contributed by atoms with Gasteiger partial charge in [0.05, 0.1) is 22.9 Å². The molecule has 140 valence electrons. The number of rotatable bonds is 3. The average Bonchev–Trinajstić information content (AvgIpc) is 3.29. The van der Waals surface area contributed by atoms with Crippen molar-refractivity contribution in [3.05, 3.63) is 48.9 Å². The zero-order valence-corrected chi connectivity index (χ0v) is 15.1. The molecule has 4 aliphatic rings. The van der Waals surface area contributed by atoms with Crippen LogP contribution in [0.25, 0.3) is 16.9 Å². The van der Waals surface area contributed by atoms with Crippen LogP contribution in [0.4, 0.5) is 5.69 Å². The van der Waals surface area contributed by atoms with E-state index in [1.54, 1.807) is 24.7 Å². The number of amides is 2. The van der Waals surface area contributed by atoms with Gasteiger partial charge in [-0.3, -0.25) is 14.2 Å². The van der Waals surface area contributed by atoms with Crippen molar-refractivity contribution in [3.63, 3.8) is 0 Å². The van der Waals surface area contributed by atoms with E-state index in [1.807, 2.05) is 28.8 Å². The summed E-state index contributed by atoms with van der Waals surface area (Å²) in [7, 11) is 0. The molecule has 3 aromatic rings. The zero-order chi connectivity index (χ0) is 18.9. The second-order valence-electron chi connectivity index (χ2n) is 8.21. The van der Waals surface area contributed by atoms with E-state index in [-0.39, 0.29) is 5.54 Å². The molecule has 7 rings (SSSR count). The molecule has 0 aliphatic heterocycles. The molecule has 2 amide bonds. The van der Waals surface area contributed by atoms with E-state index in [2.05, 4.69) is 20.6 Å². The van der Waals surface area contributed by atoms with E-state index >= 15 is 0 Å². The Morgan fingerprint density at radius 1 is 1.04 bits per heavy atom. The van der Waals surface area contributed by atoms with Crippen molar-refractivity contribution in [3.8, 4) is 5.82 Å². The fourth-order valence-electron chi connectivity index (χ4n) is 5.55. The summed E-state index contributed by atoms with van der Waals surface area (Å²) >= 11 is 0. The summed E-state index contributed by atoms with van der Waals surface area (Å²) in [6.07, 6.45) is 6.73. The Balaban J connectivity index is 1.15. The summed E-state index contributed by atoms with van der Waals surface area (Å²) in [5.41, 5.74) is 2.26. The maximum Gasteiger partial charge on any atom is 0.313 e. The molecule has 4 bridgehead atoms. The SMILES string of the molecule is O=C(Nc1ccc(-n2cnc3ccccc32)nc1)C(=O)NC12CC3CC1C2C3. The summed E-state index contributed by atoms with van der Waals surface area (Å²) in [6.45, 7) is 0. The Kier molecular flexibility index (Phi) is 3.05. The van der Waals surface area contributed by atoms with Gasteiger partial charge in [-0.1, -0.05) is 12.1 Å². The van der Waals surface area contributed by atoms with Crippen molar-refractivity contribution in [2.45, 2.75) is 24.8 Å². The summed E-state index contributed by atoms with van der Waals surface area (Å²) in [5, 5.41) is 5.66. The van der Waals surface area contributed by atoms with Gasteiger partial charge in [0.25, 0.3) is 0 Å². The molecule has 0 saturated heterocycles. The van der Waals surface area contributed by atoms with Gasteiger partial charge < -0.3 is 10.6 Å². The van der Waals surface area contributed by atoms with E-state index in [0.717, 1.165) is 23.4 Å². The first-order chi connectivity index (χ1) is 13.6. The standard InChI is InChI=1S/C21H19N5O2/c27-19(20(28)25-21-9-12-7-14(21)15(21)8-12)24-13-5-6-18(22-10-13)26-11-23-16-3-1-2-4-17(16)26/h1-6,10-12,14-15H,7-9H2,(H,24,27)(H,25,28). The number of benzene rings is 1. The number of nitrogens with zero attached hydrogens (tertiary/aromatic N) is 3. The van der Waals surface area contributed by atoms with Crippen LogP contribution in [-0.4, -0.2) is 31.9 Å². The van der Waals surface area contributed by atoms with E-state index in [4.69, 9.17) is 0 Å². The van der Waals surface area contributed by atoms with Crippen molar-refractivity contribution >= 4 is 28.5 Å². The molecule has 28 heavy (non-hydrogen) atoms. The third-order valence-corrected chi connectivity index (χ3v) is 6.76. The van der Waals surface area contributed by atoms with Crippen LogP contribution in [0.1, 0.15) is 19.3 Å². The molecule has 7 nitrogen and oxygen atoms in total. The molecule has 2 unspecified atom stereocenters. The van der Waals surface area contributed by atoms with E-state index in [0.29, 0.717) is 23.3 Å². The lowest BCUT2D eigenvalue weighted by molar-refractivity contribution is -0.136. The molecule has 2 atom stereocenters. The molecule has 4 aliphatic carbocycles. The second kappa shape index (κ2) is 5.41. The Hall–Kier alpha value is -3.22. The number of fused-ring (bicyclic) bond motifs is 1. The van der Waals surface area contributed by atoms with Gasteiger partial charge in [-0.05, 0) is 61.3 Å². The normalized spacial score (nSPS) is 29.1. The molecule has 4 saturated carbocycles. The summed E-state index contributed by atoms with van der Waals surface area (Å²) in [4.78, 5) is 33.4. The Morgan fingerprint density at radius 2 is 1.86 bits per heavy atom. The van der Waals surface area contributed by atoms with Crippen molar-refractivity contribution in [1.82, 2.24) is 19.9 Å². The predicted molar refractivity (Wildman–Crippen MR) is 103 cm³/mol. The smallest absolute Gasteiger partial charge is 0.313 e. The molecule has 1 aromatic carbocycles. The quantitative estimate of drug-likeness (QED) is 0.690. The van der Waals surface area contributed by atoms with Crippen LogP contribution in [0, 0.1) is 17.8 Å². The topological polar surface area (TPSA) is 88.9 Å². The number of hydrogen-bond acceptors (Lipinski definition) is 4. The van der Waals surface area contributed by atoms with Gasteiger partial charge in [0.1, 0.15) is 12.1 Å². The number of carbonyl (C=O) groups is 2. The fraction of sp³-hybridized carbons (Fsp3) is 0.333. The van der Waals surface area contributed by atoms with Gasteiger partial charge in [0.2, 0.25) is 0 Å². The van der Waals surface area contributed by atoms with Crippen molar-refractivity contribution in [1.29, 1.82) is 0 Å². The van der Waals surface area contributed by atoms with Crippen LogP contribution in [0.5, 0.6) is 0 Å².